The molecule has 0 spiro atoms. The second-order valence-electron chi connectivity index (χ2n) is 5.83. The van der Waals surface area contributed by atoms with Crippen molar-refractivity contribution in [2.45, 2.75) is 64.0 Å². The van der Waals surface area contributed by atoms with Crippen molar-refractivity contribution in [3.05, 3.63) is 28.5 Å². The summed E-state index contributed by atoms with van der Waals surface area (Å²) in [5, 5.41) is 8.88. The van der Waals surface area contributed by atoms with Crippen LogP contribution >= 0.6 is 11.5 Å². The molecule has 2 aromatic rings. The van der Waals surface area contributed by atoms with E-state index < -0.39 is 0 Å². The van der Waals surface area contributed by atoms with Crippen molar-refractivity contribution in [1.29, 1.82) is 0 Å². The van der Waals surface area contributed by atoms with Crippen LogP contribution in [0.4, 0.5) is 0 Å². The molecule has 0 aromatic carbocycles. The van der Waals surface area contributed by atoms with Crippen LogP contribution in [-0.2, 0) is 12.8 Å². The van der Waals surface area contributed by atoms with Gasteiger partial charge in [-0.05, 0) is 36.9 Å². The number of aryl methyl sites for hydroxylation is 1. The summed E-state index contributed by atoms with van der Waals surface area (Å²) in [6.45, 7) is 2.09. The first-order chi connectivity index (χ1) is 10.3. The lowest BCUT2D eigenvalue weighted by Crippen LogP contribution is -2.16. The minimum Gasteiger partial charge on any atom is -0.323 e. The molecule has 114 valence electrons. The lowest BCUT2D eigenvalue weighted by atomic mass is 9.96. The molecule has 0 amide bonds. The molecule has 1 aliphatic rings. The zero-order valence-corrected chi connectivity index (χ0v) is 13.4. The van der Waals surface area contributed by atoms with Gasteiger partial charge in [0, 0.05) is 18.7 Å². The van der Waals surface area contributed by atoms with E-state index in [0.717, 1.165) is 29.1 Å². The Labute approximate surface area is 129 Å². The van der Waals surface area contributed by atoms with E-state index in [0.29, 0.717) is 6.04 Å². The SMILES string of the molecule is CCc1nnsc1C(N)Cc1ccn(C2CCCCC2)n1. The molecule has 21 heavy (non-hydrogen) atoms. The summed E-state index contributed by atoms with van der Waals surface area (Å²) < 4.78 is 6.17. The van der Waals surface area contributed by atoms with Gasteiger partial charge in [0.25, 0.3) is 0 Å². The maximum atomic E-state index is 6.32. The Hall–Kier alpha value is -1.27. The zero-order chi connectivity index (χ0) is 14.7. The lowest BCUT2D eigenvalue weighted by Gasteiger charge is -2.21. The maximum absolute atomic E-state index is 6.32. The third-order valence-corrected chi connectivity index (χ3v) is 5.20. The van der Waals surface area contributed by atoms with Gasteiger partial charge in [-0.15, -0.1) is 5.10 Å². The summed E-state index contributed by atoms with van der Waals surface area (Å²) >= 11 is 1.42. The molecule has 2 N–H and O–H groups in total. The van der Waals surface area contributed by atoms with Crippen molar-refractivity contribution < 1.29 is 0 Å². The molecule has 2 heterocycles. The van der Waals surface area contributed by atoms with Crippen LogP contribution < -0.4 is 5.73 Å². The van der Waals surface area contributed by atoms with Crippen molar-refractivity contribution >= 4 is 11.5 Å². The molecule has 0 aliphatic heterocycles. The van der Waals surface area contributed by atoms with Crippen molar-refractivity contribution in [3.8, 4) is 0 Å². The monoisotopic (exact) mass is 305 g/mol. The molecule has 0 saturated heterocycles. The summed E-state index contributed by atoms with van der Waals surface area (Å²) in [5.41, 5.74) is 8.42. The summed E-state index contributed by atoms with van der Waals surface area (Å²) in [5.74, 6) is 0. The van der Waals surface area contributed by atoms with Crippen molar-refractivity contribution in [2.75, 3.05) is 0 Å². The lowest BCUT2D eigenvalue weighted by molar-refractivity contribution is 0.328. The summed E-state index contributed by atoms with van der Waals surface area (Å²) in [6, 6.07) is 2.64. The summed E-state index contributed by atoms with van der Waals surface area (Å²) in [4.78, 5) is 1.10. The number of rotatable bonds is 5. The van der Waals surface area contributed by atoms with Crippen LogP contribution in [-0.4, -0.2) is 19.4 Å². The van der Waals surface area contributed by atoms with Crippen LogP contribution in [0, 0.1) is 0 Å². The van der Waals surface area contributed by atoms with Gasteiger partial charge in [-0.1, -0.05) is 30.7 Å². The molecule has 1 aliphatic carbocycles. The van der Waals surface area contributed by atoms with Crippen LogP contribution in [0.15, 0.2) is 12.3 Å². The Morgan fingerprint density at radius 1 is 1.38 bits per heavy atom. The number of nitrogens with zero attached hydrogens (tertiary/aromatic N) is 4. The molecular formula is C15H23N5S. The first-order valence-corrected chi connectivity index (χ1v) is 8.66. The second kappa shape index (κ2) is 6.66. The Bertz CT molecular complexity index is 570. The summed E-state index contributed by atoms with van der Waals surface area (Å²) in [7, 11) is 0. The predicted molar refractivity (Wildman–Crippen MR) is 84.3 cm³/mol. The third kappa shape index (κ3) is 3.32. The molecule has 3 rings (SSSR count). The van der Waals surface area contributed by atoms with Crippen LogP contribution in [0.25, 0.3) is 0 Å². The van der Waals surface area contributed by atoms with E-state index in [1.54, 1.807) is 0 Å². The molecule has 0 radical (unpaired) electrons. The normalized spacial score (nSPS) is 18.0. The van der Waals surface area contributed by atoms with Crippen LogP contribution in [0.3, 0.4) is 0 Å². The second-order valence-corrected chi connectivity index (χ2v) is 6.61. The molecule has 1 atom stereocenters. The molecule has 2 aromatic heterocycles. The molecule has 1 unspecified atom stereocenters. The number of nitrogens with two attached hydrogens (primary N) is 1. The van der Waals surface area contributed by atoms with Gasteiger partial charge in [0.15, 0.2) is 0 Å². The fraction of sp³-hybridized carbons (Fsp3) is 0.667. The van der Waals surface area contributed by atoms with Crippen molar-refractivity contribution in [2.24, 2.45) is 5.73 Å². The maximum Gasteiger partial charge on any atom is 0.0801 e. The predicted octanol–water partition coefficient (Wildman–Crippen LogP) is 3.04. The van der Waals surface area contributed by atoms with E-state index in [1.807, 2.05) is 0 Å². The highest BCUT2D eigenvalue weighted by Gasteiger charge is 2.19. The highest BCUT2D eigenvalue weighted by atomic mass is 32.1. The van der Waals surface area contributed by atoms with Gasteiger partial charge >= 0.3 is 0 Å². The van der Waals surface area contributed by atoms with Gasteiger partial charge in [0.2, 0.25) is 0 Å². The quantitative estimate of drug-likeness (QED) is 0.921. The van der Waals surface area contributed by atoms with Gasteiger partial charge in [-0.3, -0.25) is 4.68 Å². The molecular weight excluding hydrogens is 282 g/mol. The van der Waals surface area contributed by atoms with E-state index >= 15 is 0 Å². The van der Waals surface area contributed by atoms with E-state index in [2.05, 4.69) is 33.5 Å². The van der Waals surface area contributed by atoms with Gasteiger partial charge < -0.3 is 5.73 Å². The standard InChI is InChI=1S/C15H23N5S/c1-2-14-15(21-19-17-14)13(16)10-11-8-9-20(18-11)12-6-4-3-5-7-12/h8-9,12-13H,2-7,10,16H2,1H3. The van der Waals surface area contributed by atoms with Gasteiger partial charge in [0.1, 0.15) is 0 Å². The third-order valence-electron chi connectivity index (χ3n) is 4.30. The fourth-order valence-corrected chi connectivity index (χ4v) is 3.83. The molecule has 1 fully saturated rings. The first kappa shape index (κ1) is 14.7. The minimum atomic E-state index is -0.0466. The number of hydrogen-bond donors (Lipinski definition) is 1. The average Bonchev–Trinajstić information content (AvgIpc) is 3.16. The highest BCUT2D eigenvalue weighted by molar-refractivity contribution is 7.05. The Balaban J connectivity index is 1.66. The average molecular weight is 305 g/mol. The molecule has 1 saturated carbocycles. The van der Waals surface area contributed by atoms with E-state index in [1.165, 1.54) is 43.6 Å². The van der Waals surface area contributed by atoms with E-state index in [-0.39, 0.29) is 6.04 Å². The van der Waals surface area contributed by atoms with Crippen molar-refractivity contribution in [3.63, 3.8) is 0 Å². The fourth-order valence-electron chi connectivity index (χ4n) is 3.10. The molecule has 0 bridgehead atoms. The molecule has 5 nitrogen and oxygen atoms in total. The highest BCUT2D eigenvalue weighted by Crippen LogP contribution is 2.28. The zero-order valence-electron chi connectivity index (χ0n) is 12.5. The molecule has 6 heteroatoms. The van der Waals surface area contributed by atoms with Gasteiger partial charge in [0.05, 0.1) is 22.3 Å². The Kier molecular flexibility index (Phi) is 4.65. The van der Waals surface area contributed by atoms with Gasteiger partial charge in [-0.2, -0.15) is 5.10 Å². The van der Waals surface area contributed by atoms with Crippen LogP contribution in [0.5, 0.6) is 0 Å². The topological polar surface area (TPSA) is 69.6 Å². The Morgan fingerprint density at radius 3 is 2.95 bits per heavy atom. The van der Waals surface area contributed by atoms with Gasteiger partial charge in [-0.25, -0.2) is 0 Å². The number of aromatic nitrogens is 4. The smallest absolute Gasteiger partial charge is 0.0801 e. The van der Waals surface area contributed by atoms with E-state index in [4.69, 9.17) is 10.8 Å². The van der Waals surface area contributed by atoms with Crippen molar-refractivity contribution in [1.82, 2.24) is 19.4 Å². The summed E-state index contributed by atoms with van der Waals surface area (Å²) in [6.07, 6.45) is 10.3. The van der Waals surface area contributed by atoms with Crippen LogP contribution in [0.1, 0.15) is 67.4 Å². The van der Waals surface area contributed by atoms with Crippen LogP contribution in [0.2, 0.25) is 0 Å². The first-order valence-electron chi connectivity index (χ1n) is 7.88. The number of hydrogen-bond acceptors (Lipinski definition) is 5. The van der Waals surface area contributed by atoms with E-state index in [9.17, 15) is 0 Å². The minimum absolute atomic E-state index is 0.0466. The Morgan fingerprint density at radius 2 is 2.19 bits per heavy atom. The largest absolute Gasteiger partial charge is 0.323 e.